The lowest BCUT2D eigenvalue weighted by Gasteiger charge is -2.12. The maximum absolute atomic E-state index is 4.78. The van der Waals surface area contributed by atoms with Crippen molar-refractivity contribution in [3.63, 3.8) is 0 Å². The lowest BCUT2D eigenvalue weighted by Crippen LogP contribution is -2.04. The van der Waals surface area contributed by atoms with Gasteiger partial charge in [-0.1, -0.05) is 42.0 Å². The fourth-order valence-electron chi connectivity index (χ4n) is 2.79. The highest BCUT2D eigenvalue weighted by atomic mass is 15.0. The van der Waals surface area contributed by atoms with Gasteiger partial charge in [-0.05, 0) is 36.8 Å². The molecule has 0 fully saturated rings. The highest BCUT2D eigenvalue weighted by molar-refractivity contribution is 5.91. The third-order valence-electron chi connectivity index (χ3n) is 4.09. The van der Waals surface area contributed by atoms with E-state index in [4.69, 9.17) is 9.97 Å². The molecular formula is C21H18N4. The summed E-state index contributed by atoms with van der Waals surface area (Å²) < 4.78 is 0. The SMILES string of the molecule is Cc1ccc2nc(-c3ccncc3)nc(NCc3ccccc3)c2c1. The van der Waals surface area contributed by atoms with Gasteiger partial charge in [0, 0.05) is 29.9 Å². The molecular weight excluding hydrogens is 308 g/mol. The molecule has 0 aliphatic heterocycles. The number of aryl methyl sites for hydroxylation is 1. The third kappa shape index (κ3) is 3.33. The molecule has 0 amide bonds. The number of benzene rings is 2. The van der Waals surface area contributed by atoms with E-state index in [0.29, 0.717) is 5.82 Å². The van der Waals surface area contributed by atoms with Crippen LogP contribution in [0.25, 0.3) is 22.3 Å². The van der Waals surface area contributed by atoms with Gasteiger partial charge in [-0.25, -0.2) is 9.97 Å². The summed E-state index contributed by atoms with van der Waals surface area (Å²) in [7, 11) is 0. The van der Waals surface area contributed by atoms with Crippen LogP contribution in [0.5, 0.6) is 0 Å². The van der Waals surface area contributed by atoms with Gasteiger partial charge >= 0.3 is 0 Å². The van der Waals surface area contributed by atoms with E-state index in [1.165, 1.54) is 11.1 Å². The van der Waals surface area contributed by atoms with Crippen molar-refractivity contribution in [3.05, 3.63) is 84.2 Å². The first-order valence-corrected chi connectivity index (χ1v) is 8.26. The zero-order chi connectivity index (χ0) is 17.1. The summed E-state index contributed by atoms with van der Waals surface area (Å²) in [4.78, 5) is 13.6. The van der Waals surface area contributed by atoms with Crippen molar-refractivity contribution in [1.29, 1.82) is 0 Å². The molecule has 0 bridgehead atoms. The summed E-state index contributed by atoms with van der Waals surface area (Å²) in [5.41, 5.74) is 4.30. The molecule has 0 saturated carbocycles. The minimum Gasteiger partial charge on any atom is -0.365 e. The molecule has 0 aliphatic carbocycles. The first-order chi connectivity index (χ1) is 12.3. The summed E-state index contributed by atoms with van der Waals surface area (Å²) in [5.74, 6) is 1.55. The summed E-state index contributed by atoms with van der Waals surface area (Å²) in [5, 5.41) is 4.51. The third-order valence-corrected chi connectivity index (χ3v) is 4.09. The van der Waals surface area contributed by atoms with Crippen molar-refractivity contribution in [3.8, 4) is 11.4 Å². The number of nitrogens with one attached hydrogen (secondary N) is 1. The van der Waals surface area contributed by atoms with Crippen LogP contribution in [0.2, 0.25) is 0 Å². The molecule has 4 nitrogen and oxygen atoms in total. The van der Waals surface area contributed by atoms with Crippen LogP contribution in [0.1, 0.15) is 11.1 Å². The Hall–Kier alpha value is -3.27. The summed E-state index contributed by atoms with van der Waals surface area (Å²) >= 11 is 0. The number of rotatable bonds is 4. The summed E-state index contributed by atoms with van der Waals surface area (Å²) in [6.45, 7) is 2.80. The van der Waals surface area contributed by atoms with E-state index < -0.39 is 0 Å². The molecule has 122 valence electrons. The lowest BCUT2D eigenvalue weighted by atomic mass is 10.1. The van der Waals surface area contributed by atoms with Gasteiger partial charge in [0.05, 0.1) is 5.52 Å². The monoisotopic (exact) mass is 326 g/mol. The van der Waals surface area contributed by atoms with E-state index >= 15 is 0 Å². The predicted molar refractivity (Wildman–Crippen MR) is 101 cm³/mol. The molecule has 4 rings (SSSR count). The zero-order valence-corrected chi connectivity index (χ0v) is 14.0. The van der Waals surface area contributed by atoms with Crippen LogP contribution in [0.4, 0.5) is 5.82 Å². The van der Waals surface area contributed by atoms with Crippen LogP contribution in [-0.4, -0.2) is 15.0 Å². The van der Waals surface area contributed by atoms with E-state index in [0.717, 1.165) is 28.8 Å². The van der Waals surface area contributed by atoms with Crippen molar-refractivity contribution >= 4 is 16.7 Å². The van der Waals surface area contributed by atoms with Crippen LogP contribution in [0.3, 0.4) is 0 Å². The number of nitrogens with zero attached hydrogens (tertiary/aromatic N) is 3. The van der Waals surface area contributed by atoms with Gasteiger partial charge < -0.3 is 5.32 Å². The van der Waals surface area contributed by atoms with Crippen LogP contribution < -0.4 is 5.32 Å². The van der Waals surface area contributed by atoms with Gasteiger partial charge in [-0.15, -0.1) is 0 Å². The largest absolute Gasteiger partial charge is 0.365 e. The second kappa shape index (κ2) is 6.69. The second-order valence-electron chi connectivity index (χ2n) is 5.99. The Morgan fingerprint density at radius 1 is 0.880 bits per heavy atom. The molecule has 4 aromatic rings. The number of aromatic nitrogens is 3. The molecule has 1 N–H and O–H groups in total. The summed E-state index contributed by atoms with van der Waals surface area (Å²) in [6.07, 6.45) is 3.52. The molecule has 0 aliphatic rings. The van der Waals surface area contributed by atoms with Crippen molar-refractivity contribution in [2.45, 2.75) is 13.5 Å². The number of fused-ring (bicyclic) bond motifs is 1. The topological polar surface area (TPSA) is 50.7 Å². The average molecular weight is 326 g/mol. The number of anilines is 1. The Morgan fingerprint density at radius 2 is 1.68 bits per heavy atom. The molecule has 2 heterocycles. The van der Waals surface area contributed by atoms with Gasteiger partial charge in [0.25, 0.3) is 0 Å². The van der Waals surface area contributed by atoms with Crippen molar-refractivity contribution in [2.24, 2.45) is 0 Å². The molecule has 0 spiro atoms. The molecule has 0 unspecified atom stereocenters. The van der Waals surface area contributed by atoms with Crippen molar-refractivity contribution in [1.82, 2.24) is 15.0 Å². The van der Waals surface area contributed by atoms with Crippen LogP contribution in [0, 0.1) is 6.92 Å². The van der Waals surface area contributed by atoms with E-state index in [1.54, 1.807) is 12.4 Å². The van der Waals surface area contributed by atoms with Gasteiger partial charge in [0.1, 0.15) is 5.82 Å². The van der Waals surface area contributed by atoms with Crippen molar-refractivity contribution < 1.29 is 0 Å². The van der Waals surface area contributed by atoms with Gasteiger partial charge in [0.2, 0.25) is 0 Å². The molecule has 0 saturated heterocycles. The fourth-order valence-corrected chi connectivity index (χ4v) is 2.79. The zero-order valence-electron chi connectivity index (χ0n) is 14.0. The quantitative estimate of drug-likeness (QED) is 0.595. The van der Waals surface area contributed by atoms with E-state index in [2.05, 4.69) is 41.5 Å². The fraction of sp³-hybridized carbons (Fsp3) is 0.0952. The first kappa shape index (κ1) is 15.3. The van der Waals surface area contributed by atoms with Crippen LogP contribution in [-0.2, 0) is 6.54 Å². The smallest absolute Gasteiger partial charge is 0.162 e. The lowest BCUT2D eigenvalue weighted by molar-refractivity contribution is 1.10. The van der Waals surface area contributed by atoms with Crippen molar-refractivity contribution in [2.75, 3.05) is 5.32 Å². The Morgan fingerprint density at radius 3 is 2.48 bits per heavy atom. The minimum absolute atomic E-state index is 0.703. The number of hydrogen-bond acceptors (Lipinski definition) is 4. The number of pyridine rings is 1. The normalized spacial score (nSPS) is 10.8. The predicted octanol–water partition coefficient (Wildman–Crippen LogP) is 4.61. The maximum Gasteiger partial charge on any atom is 0.162 e. The Balaban J connectivity index is 1.78. The van der Waals surface area contributed by atoms with Gasteiger partial charge in [-0.2, -0.15) is 0 Å². The molecule has 2 aromatic heterocycles. The highest BCUT2D eigenvalue weighted by Gasteiger charge is 2.09. The maximum atomic E-state index is 4.78. The van der Waals surface area contributed by atoms with Crippen LogP contribution >= 0.6 is 0 Å². The number of hydrogen-bond donors (Lipinski definition) is 1. The second-order valence-corrected chi connectivity index (χ2v) is 5.99. The summed E-state index contributed by atoms with van der Waals surface area (Å²) in [6, 6.07) is 20.4. The Labute approximate surface area is 146 Å². The van der Waals surface area contributed by atoms with E-state index in [1.807, 2.05) is 36.4 Å². The molecule has 2 aromatic carbocycles. The van der Waals surface area contributed by atoms with E-state index in [9.17, 15) is 0 Å². The molecule has 25 heavy (non-hydrogen) atoms. The molecule has 4 heteroatoms. The molecule has 0 atom stereocenters. The Kier molecular flexibility index (Phi) is 4.09. The highest BCUT2D eigenvalue weighted by Crippen LogP contribution is 2.26. The molecule has 0 radical (unpaired) electrons. The van der Waals surface area contributed by atoms with Gasteiger partial charge in [0.15, 0.2) is 5.82 Å². The standard InChI is InChI=1S/C21H18N4/c1-15-7-8-19-18(13-15)21(23-14-16-5-3-2-4-6-16)25-20(24-19)17-9-11-22-12-10-17/h2-13H,14H2,1H3,(H,23,24,25). The van der Waals surface area contributed by atoms with Gasteiger partial charge in [-0.3, -0.25) is 4.98 Å². The van der Waals surface area contributed by atoms with Crippen LogP contribution in [0.15, 0.2) is 73.1 Å². The first-order valence-electron chi connectivity index (χ1n) is 8.26. The van der Waals surface area contributed by atoms with E-state index in [-0.39, 0.29) is 0 Å². The minimum atomic E-state index is 0.703. The Bertz CT molecular complexity index is 998. The average Bonchev–Trinajstić information content (AvgIpc) is 2.67.